The van der Waals surface area contributed by atoms with Gasteiger partial charge in [-0.25, -0.2) is 4.94 Å². The van der Waals surface area contributed by atoms with E-state index in [4.69, 9.17) is 0 Å². The number of rotatable bonds is 1. The lowest BCUT2D eigenvalue weighted by Crippen LogP contribution is -1.93. The molecule has 8 heavy (non-hydrogen) atoms. The SMILES string of the molecule is CCC1=NON=C=C1. The van der Waals surface area contributed by atoms with Crippen molar-refractivity contribution in [2.45, 2.75) is 13.3 Å². The summed E-state index contributed by atoms with van der Waals surface area (Å²) in [4.78, 5) is 4.34. The zero-order chi connectivity index (χ0) is 5.82. The van der Waals surface area contributed by atoms with Crippen molar-refractivity contribution in [2.24, 2.45) is 10.3 Å². The van der Waals surface area contributed by atoms with E-state index in [1.54, 1.807) is 6.08 Å². The van der Waals surface area contributed by atoms with Crippen LogP contribution >= 0.6 is 0 Å². The largest absolute Gasteiger partial charge is 0.236 e. The molecule has 1 rings (SSSR count). The van der Waals surface area contributed by atoms with Gasteiger partial charge in [-0.15, -0.1) is 0 Å². The number of nitrogens with zero attached hydrogens (tertiary/aromatic N) is 2. The smallest absolute Gasteiger partial charge is 0.0921 e. The lowest BCUT2D eigenvalue weighted by Gasteiger charge is -1.92. The number of oxime groups is 1. The van der Waals surface area contributed by atoms with Crippen LogP contribution in [0.25, 0.3) is 0 Å². The van der Waals surface area contributed by atoms with E-state index in [0.717, 1.165) is 12.1 Å². The Bertz CT molecular complexity index is 165. The molecule has 1 aliphatic heterocycles. The zero-order valence-electron chi connectivity index (χ0n) is 4.59. The van der Waals surface area contributed by atoms with Crippen molar-refractivity contribution in [1.29, 1.82) is 0 Å². The molecule has 3 heteroatoms. The fourth-order valence-electron chi connectivity index (χ4n) is 0.390. The van der Waals surface area contributed by atoms with Crippen molar-refractivity contribution >= 4 is 11.6 Å². The average Bonchev–Trinajstić information content (AvgIpc) is 1.90. The van der Waals surface area contributed by atoms with Gasteiger partial charge in [0.05, 0.1) is 5.71 Å². The van der Waals surface area contributed by atoms with Crippen molar-refractivity contribution < 1.29 is 4.94 Å². The molecule has 0 radical (unpaired) electrons. The first-order valence-corrected chi connectivity index (χ1v) is 2.45. The molecular weight excluding hydrogens is 104 g/mol. The van der Waals surface area contributed by atoms with E-state index in [-0.39, 0.29) is 0 Å². The Labute approximate surface area is 47.3 Å². The number of hydrogen-bond donors (Lipinski definition) is 0. The number of hydrogen-bond acceptors (Lipinski definition) is 3. The molecule has 0 N–H and O–H groups in total. The third-order valence-corrected chi connectivity index (χ3v) is 0.845. The maximum Gasteiger partial charge on any atom is 0.0921 e. The molecule has 1 aliphatic rings. The molecular formula is C5H6N2O. The topological polar surface area (TPSA) is 34.0 Å². The first-order valence-electron chi connectivity index (χ1n) is 2.45. The van der Waals surface area contributed by atoms with Gasteiger partial charge in [0.15, 0.2) is 0 Å². The monoisotopic (exact) mass is 110 g/mol. The van der Waals surface area contributed by atoms with Crippen LogP contribution in [-0.2, 0) is 4.94 Å². The molecule has 0 saturated carbocycles. The molecule has 0 saturated heterocycles. The zero-order valence-corrected chi connectivity index (χ0v) is 4.59. The molecule has 0 amide bonds. The Kier molecular flexibility index (Phi) is 1.45. The quantitative estimate of drug-likeness (QED) is 0.494. The van der Waals surface area contributed by atoms with Gasteiger partial charge in [0.1, 0.15) is 0 Å². The van der Waals surface area contributed by atoms with Gasteiger partial charge in [0.2, 0.25) is 0 Å². The second-order valence-corrected chi connectivity index (χ2v) is 1.38. The summed E-state index contributed by atoms with van der Waals surface area (Å²) in [6.07, 6.45) is 2.56. The van der Waals surface area contributed by atoms with E-state index in [1.807, 2.05) is 6.92 Å². The summed E-state index contributed by atoms with van der Waals surface area (Å²) in [6.45, 7) is 1.99. The van der Waals surface area contributed by atoms with Gasteiger partial charge in [-0.05, 0) is 11.6 Å². The molecule has 0 spiro atoms. The highest BCUT2D eigenvalue weighted by Crippen LogP contribution is 1.91. The Balaban J connectivity index is 2.68. The highest BCUT2D eigenvalue weighted by molar-refractivity contribution is 6.00. The van der Waals surface area contributed by atoms with Crippen molar-refractivity contribution in [3.63, 3.8) is 0 Å². The van der Waals surface area contributed by atoms with Gasteiger partial charge < -0.3 is 0 Å². The van der Waals surface area contributed by atoms with Crippen molar-refractivity contribution in [3.8, 4) is 0 Å². The minimum absolute atomic E-state index is 0.864. The Morgan fingerprint density at radius 3 is 3.12 bits per heavy atom. The van der Waals surface area contributed by atoms with Crippen molar-refractivity contribution in [3.05, 3.63) is 6.08 Å². The molecule has 0 bridgehead atoms. The van der Waals surface area contributed by atoms with Crippen LogP contribution in [0, 0.1) is 0 Å². The maximum absolute atomic E-state index is 4.34. The van der Waals surface area contributed by atoms with E-state index in [0.29, 0.717) is 0 Å². The summed E-state index contributed by atoms with van der Waals surface area (Å²) in [5.74, 6) is 2.53. The van der Waals surface area contributed by atoms with E-state index in [1.165, 1.54) is 0 Å². The van der Waals surface area contributed by atoms with Gasteiger partial charge in [-0.3, -0.25) is 0 Å². The molecule has 0 aromatic rings. The Morgan fingerprint density at radius 2 is 2.75 bits per heavy atom. The van der Waals surface area contributed by atoms with Gasteiger partial charge in [-0.2, -0.15) is 0 Å². The summed E-state index contributed by atoms with van der Waals surface area (Å²) in [5.41, 5.74) is 0.875. The van der Waals surface area contributed by atoms with Gasteiger partial charge in [0.25, 0.3) is 0 Å². The molecule has 0 unspecified atom stereocenters. The highest BCUT2D eigenvalue weighted by Gasteiger charge is 1.91. The number of allylic oxidation sites excluding steroid dienone is 1. The van der Waals surface area contributed by atoms with Crippen molar-refractivity contribution in [1.82, 2.24) is 0 Å². The normalized spacial score (nSPS) is 15.4. The average molecular weight is 110 g/mol. The second-order valence-electron chi connectivity index (χ2n) is 1.38. The first kappa shape index (κ1) is 5.06. The molecule has 42 valence electrons. The molecule has 0 aromatic heterocycles. The Morgan fingerprint density at radius 1 is 1.88 bits per heavy atom. The predicted octanol–water partition coefficient (Wildman–Crippen LogP) is 0.924. The fourth-order valence-corrected chi connectivity index (χ4v) is 0.390. The van der Waals surface area contributed by atoms with E-state index in [9.17, 15) is 0 Å². The summed E-state index contributed by atoms with van der Waals surface area (Å²) in [5, 5.41) is 6.86. The highest BCUT2D eigenvalue weighted by atomic mass is 16.8. The van der Waals surface area contributed by atoms with Gasteiger partial charge in [-0.1, -0.05) is 12.1 Å². The molecule has 1 heterocycles. The van der Waals surface area contributed by atoms with Gasteiger partial charge >= 0.3 is 0 Å². The third kappa shape index (κ3) is 0.950. The summed E-state index contributed by atoms with van der Waals surface area (Å²) in [7, 11) is 0. The lowest BCUT2D eigenvalue weighted by molar-refractivity contribution is 0.156. The van der Waals surface area contributed by atoms with E-state index >= 15 is 0 Å². The maximum atomic E-state index is 4.34. The summed E-state index contributed by atoms with van der Waals surface area (Å²) < 4.78 is 0. The minimum Gasteiger partial charge on any atom is -0.236 e. The summed E-state index contributed by atoms with van der Waals surface area (Å²) >= 11 is 0. The Hall–Kier alpha value is -1.08. The minimum atomic E-state index is 0.864. The van der Waals surface area contributed by atoms with Crippen LogP contribution in [0.5, 0.6) is 0 Å². The molecule has 3 nitrogen and oxygen atoms in total. The molecule has 0 aliphatic carbocycles. The van der Waals surface area contributed by atoms with Crippen LogP contribution in [0.1, 0.15) is 13.3 Å². The lowest BCUT2D eigenvalue weighted by atomic mass is 10.3. The van der Waals surface area contributed by atoms with Crippen LogP contribution in [0.15, 0.2) is 16.4 Å². The van der Waals surface area contributed by atoms with Crippen LogP contribution in [0.3, 0.4) is 0 Å². The van der Waals surface area contributed by atoms with E-state index < -0.39 is 0 Å². The molecule has 0 atom stereocenters. The van der Waals surface area contributed by atoms with E-state index in [2.05, 4.69) is 21.1 Å². The van der Waals surface area contributed by atoms with Crippen LogP contribution in [0.2, 0.25) is 0 Å². The fraction of sp³-hybridized carbons (Fsp3) is 0.400. The van der Waals surface area contributed by atoms with Gasteiger partial charge in [0, 0.05) is 11.9 Å². The molecule has 0 aromatic carbocycles. The standard InChI is InChI=1S/C5H6N2O/c1-2-5-3-4-6-8-7-5/h3H,2H2,1H3. The van der Waals surface area contributed by atoms with Crippen LogP contribution in [-0.4, -0.2) is 11.6 Å². The third-order valence-electron chi connectivity index (χ3n) is 0.845. The predicted molar refractivity (Wildman–Crippen MR) is 30.8 cm³/mol. The summed E-state index contributed by atoms with van der Waals surface area (Å²) in [6, 6.07) is 0. The van der Waals surface area contributed by atoms with Crippen LogP contribution < -0.4 is 0 Å². The molecule has 0 fully saturated rings. The first-order chi connectivity index (χ1) is 3.93. The second kappa shape index (κ2) is 2.28. The van der Waals surface area contributed by atoms with Crippen molar-refractivity contribution in [2.75, 3.05) is 0 Å². The van der Waals surface area contributed by atoms with Crippen LogP contribution in [0.4, 0.5) is 0 Å².